The molecule has 0 rings (SSSR count). The molecule has 0 aliphatic heterocycles. The largest absolute Gasteiger partial charge is 0 e. The average molecular weight is 349 g/mol. The van der Waals surface area contributed by atoms with Crippen molar-refractivity contribution in [1.82, 2.24) is 0 Å². The second-order valence-electron chi connectivity index (χ2n) is 0. The van der Waals surface area contributed by atoms with Crippen molar-refractivity contribution in [3.05, 3.63) is 33.3 Å². The van der Waals surface area contributed by atoms with Gasteiger partial charge in [0.15, 0.2) is 0 Å². The molecule has 0 saturated heterocycles. The molecule has 0 fully saturated rings. The summed E-state index contributed by atoms with van der Waals surface area (Å²) in [5.74, 6) is 0. The summed E-state index contributed by atoms with van der Waals surface area (Å²) >= 11 is 0. The maximum Gasteiger partial charge on any atom is 0 e. The standard InChI is InChI=1S/5CO.Na.Re/c5*1-2;;. The third-order valence-corrected chi connectivity index (χ3v) is 0. The molecule has 2 radical (unpaired) electrons. The Balaban J connectivity index is -0.00000000500. The van der Waals surface area contributed by atoms with E-state index < -0.39 is 0 Å². The summed E-state index contributed by atoms with van der Waals surface area (Å²) in [5.41, 5.74) is 0. The van der Waals surface area contributed by atoms with Gasteiger partial charge >= 0.3 is 56.5 Å². The first-order chi connectivity index (χ1) is 5.00. The Hall–Kier alpha value is 0.362. The van der Waals surface area contributed by atoms with Crippen LogP contribution in [0.25, 0.3) is 0 Å². The predicted octanol–water partition coefficient (Wildman–Crippen LogP) is -0.571. The van der Waals surface area contributed by atoms with Gasteiger partial charge in [-0.25, -0.2) is 0 Å². The van der Waals surface area contributed by atoms with Gasteiger partial charge in [0, 0.05) is 50.0 Å². The molecule has 5 nitrogen and oxygen atoms in total. The molecular formula is C5NaO5Re. The summed E-state index contributed by atoms with van der Waals surface area (Å²) in [6.07, 6.45) is 0. The molecule has 0 N–H and O–H groups in total. The minimum absolute atomic E-state index is 0. The topological polar surface area (TPSA) is 99.5 Å². The summed E-state index contributed by atoms with van der Waals surface area (Å²) in [6.45, 7) is 22.5. The molecule has 7 heteroatoms. The molecule has 0 aromatic heterocycles. The van der Waals surface area contributed by atoms with E-state index in [1.807, 2.05) is 0 Å². The average Bonchev–Trinajstić information content (AvgIpc) is 2.20. The van der Waals surface area contributed by atoms with E-state index in [0.717, 1.165) is 0 Å². The molecule has 0 amide bonds. The Morgan fingerprint density at radius 1 is 0.417 bits per heavy atom. The van der Waals surface area contributed by atoms with Crippen molar-refractivity contribution >= 4 is 29.6 Å². The van der Waals surface area contributed by atoms with Crippen LogP contribution < -0.4 is 0 Å². The van der Waals surface area contributed by atoms with E-state index in [2.05, 4.69) is 33.3 Å². The maximum atomic E-state index is 7.50. The van der Waals surface area contributed by atoms with E-state index in [9.17, 15) is 0 Å². The zero-order chi connectivity index (χ0) is 10.0. The van der Waals surface area contributed by atoms with Crippen LogP contribution in [0.15, 0.2) is 0 Å². The van der Waals surface area contributed by atoms with Crippen LogP contribution in [0.2, 0.25) is 0 Å². The second kappa shape index (κ2) is 9290. The maximum absolute atomic E-state index is 7.50. The molecule has 12 heavy (non-hydrogen) atoms. The zero-order valence-corrected chi connectivity index (χ0v) is 10.6. The summed E-state index contributed by atoms with van der Waals surface area (Å²) in [6, 6.07) is 0. The van der Waals surface area contributed by atoms with Gasteiger partial charge < -0.3 is 0 Å². The SMILES string of the molecule is [C-]#[O+].[C-]#[O+].[C-]#[O+].[C-]#[O+].[C-]#[O+].[Na].[Re]. The Morgan fingerprint density at radius 2 is 0.417 bits per heavy atom. The van der Waals surface area contributed by atoms with Crippen LogP contribution in [0.4, 0.5) is 0 Å². The number of hydrogen-bond donors (Lipinski definition) is 0. The van der Waals surface area contributed by atoms with Crippen molar-refractivity contribution in [1.29, 1.82) is 0 Å². The summed E-state index contributed by atoms with van der Waals surface area (Å²) < 4.78 is 37.5. The van der Waals surface area contributed by atoms with Crippen molar-refractivity contribution < 1.29 is 43.7 Å². The minimum atomic E-state index is 0. The van der Waals surface area contributed by atoms with E-state index in [0.29, 0.717) is 0 Å². The summed E-state index contributed by atoms with van der Waals surface area (Å²) in [7, 11) is 0. The number of rotatable bonds is 0. The molecule has 0 saturated carbocycles. The van der Waals surface area contributed by atoms with Gasteiger partial charge in [-0.3, -0.25) is 0 Å². The molecule has 0 atom stereocenters. The molecule has 0 bridgehead atoms. The van der Waals surface area contributed by atoms with Crippen LogP contribution in [0.5, 0.6) is 0 Å². The predicted molar refractivity (Wildman–Crippen MR) is 25.4 cm³/mol. The van der Waals surface area contributed by atoms with Gasteiger partial charge in [0.05, 0.1) is 0 Å². The van der Waals surface area contributed by atoms with Gasteiger partial charge in [-0.15, -0.1) is 0 Å². The van der Waals surface area contributed by atoms with Crippen molar-refractivity contribution in [3.63, 3.8) is 0 Å². The van der Waals surface area contributed by atoms with Crippen LogP contribution in [0, 0.1) is 33.3 Å². The Kier molecular flexibility index (Phi) is 43000. The molecule has 0 aliphatic rings. The molecule has 0 aromatic carbocycles. The van der Waals surface area contributed by atoms with Gasteiger partial charge in [0.25, 0.3) is 0 Å². The summed E-state index contributed by atoms with van der Waals surface area (Å²) in [5, 5.41) is 0. The molecule has 58 valence electrons. The third-order valence-electron chi connectivity index (χ3n) is 0. The van der Waals surface area contributed by atoms with E-state index in [1.54, 1.807) is 0 Å². The number of hydrogen-bond acceptors (Lipinski definition) is 0. The zero-order valence-electron chi connectivity index (χ0n) is 5.92. The molecule has 0 spiro atoms. The van der Waals surface area contributed by atoms with E-state index in [1.165, 1.54) is 0 Å². The first kappa shape index (κ1) is 55.5. The molecule has 0 heterocycles. The van der Waals surface area contributed by atoms with Crippen LogP contribution in [-0.4, -0.2) is 29.6 Å². The molecular weight excluding hydrogens is 349 g/mol. The Labute approximate surface area is 106 Å². The van der Waals surface area contributed by atoms with Gasteiger partial charge in [0.1, 0.15) is 0 Å². The first-order valence-corrected chi connectivity index (χ1v) is 1.02. The van der Waals surface area contributed by atoms with Crippen molar-refractivity contribution in [3.8, 4) is 0 Å². The van der Waals surface area contributed by atoms with Gasteiger partial charge in [-0.2, -0.15) is 0 Å². The van der Waals surface area contributed by atoms with Crippen molar-refractivity contribution in [2.75, 3.05) is 0 Å². The minimum Gasteiger partial charge on any atom is 0 e. The first-order valence-electron chi connectivity index (χ1n) is 1.02. The Bertz CT molecular complexity index is 78.4. The quantitative estimate of drug-likeness (QED) is 0.318. The fourth-order valence-electron chi connectivity index (χ4n) is 0. The van der Waals surface area contributed by atoms with E-state index in [4.69, 9.17) is 23.3 Å². The third kappa shape index (κ3) is 6920. The molecule has 0 aliphatic carbocycles. The second-order valence-corrected chi connectivity index (χ2v) is 0. The van der Waals surface area contributed by atoms with Crippen molar-refractivity contribution in [2.24, 2.45) is 0 Å². The summed E-state index contributed by atoms with van der Waals surface area (Å²) in [4.78, 5) is 0. The van der Waals surface area contributed by atoms with Crippen molar-refractivity contribution in [2.45, 2.75) is 0 Å². The normalized spacial score (nSPS) is 0.833. The van der Waals surface area contributed by atoms with E-state index in [-0.39, 0.29) is 50.0 Å². The van der Waals surface area contributed by atoms with Gasteiger partial charge in [0.2, 0.25) is 0 Å². The molecule has 0 aromatic rings. The van der Waals surface area contributed by atoms with Crippen LogP contribution >= 0.6 is 0 Å². The smallest absolute Gasteiger partial charge is 0 e. The van der Waals surface area contributed by atoms with Crippen LogP contribution in [0.3, 0.4) is 0 Å². The fourth-order valence-corrected chi connectivity index (χ4v) is 0. The van der Waals surface area contributed by atoms with Crippen LogP contribution in [-0.2, 0) is 43.7 Å². The van der Waals surface area contributed by atoms with Gasteiger partial charge in [-0.05, 0) is 0 Å². The van der Waals surface area contributed by atoms with Crippen LogP contribution in [0.1, 0.15) is 0 Å². The monoisotopic (exact) mass is 350 g/mol. The Morgan fingerprint density at radius 3 is 0.417 bits per heavy atom. The van der Waals surface area contributed by atoms with E-state index >= 15 is 0 Å². The molecule has 0 unspecified atom stereocenters. The fraction of sp³-hybridized carbons (Fsp3) is 0. The van der Waals surface area contributed by atoms with Gasteiger partial charge in [-0.1, -0.05) is 0 Å².